The molecule has 1 N–H and O–H groups in total. The van der Waals surface area contributed by atoms with E-state index in [2.05, 4.69) is 4.90 Å². The highest BCUT2D eigenvalue weighted by Gasteiger charge is 2.38. The minimum absolute atomic E-state index is 0.279. The van der Waals surface area contributed by atoms with Crippen LogP contribution < -0.4 is 4.74 Å². The van der Waals surface area contributed by atoms with Crippen LogP contribution in [-0.4, -0.2) is 54.7 Å². The topological polar surface area (TPSA) is 88.8 Å². The maximum absolute atomic E-state index is 13.1. The lowest BCUT2D eigenvalue weighted by Gasteiger charge is -2.16. The Labute approximate surface area is 189 Å². The maximum Gasteiger partial charge on any atom is 0.490 e. The molecular weight excluding hydrogens is 461 g/mol. The number of methoxy groups -OCH3 is 1. The van der Waals surface area contributed by atoms with Crippen molar-refractivity contribution in [2.75, 3.05) is 20.2 Å². The fourth-order valence-electron chi connectivity index (χ4n) is 3.61. The molecule has 0 bridgehead atoms. The molecule has 1 aromatic heterocycles. The third-order valence-corrected chi connectivity index (χ3v) is 6.91. The van der Waals surface area contributed by atoms with E-state index >= 15 is 0 Å². The van der Waals surface area contributed by atoms with Gasteiger partial charge in [-0.1, -0.05) is 18.2 Å². The van der Waals surface area contributed by atoms with Crippen LogP contribution in [0.5, 0.6) is 5.75 Å². The number of alkyl halides is 3. The molecule has 0 amide bonds. The second kappa shape index (κ2) is 9.84. The van der Waals surface area contributed by atoms with E-state index < -0.39 is 22.2 Å². The molecule has 0 spiro atoms. The molecule has 1 fully saturated rings. The molecule has 178 valence electrons. The van der Waals surface area contributed by atoms with Gasteiger partial charge in [-0.15, -0.1) is 0 Å². The summed E-state index contributed by atoms with van der Waals surface area (Å²) < 4.78 is 64.7. The lowest BCUT2D eigenvalue weighted by molar-refractivity contribution is -0.192. The molecule has 3 aromatic rings. The molecule has 0 unspecified atom stereocenters. The summed E-state index contributed by atoms with van der Waals surface area (Å²) in [7, 11) is -2.03. The average Bonchev–Trinajstić information content (AvgIpc) is 3.44. The summed E-state index contributed by atoms with van der Waals surface area (Å²) in [5.74, 6) is -2.08. The number of ether oxygens (including phenoxy) is 1. The van der Waals surface area contributed by atoms with Gasteiger partial charge in [0.25, 0.3) is 10.0 Å². The number of rotatable bonds is 5. The van der Waals surface area contributed by atoms with Gasteiger partial charge in [-0.3, -0.25) is 4.90 Å². The zero-order valence-electron chi connectivity index (χ0n) is 17.7. The van der Waals surface area contributed by atoms with Gasteiger partial charge < -0.3 is 9.84 Å². The van der Waals surface area contributed by atoms with Crippen LogP contribution in [0.15, 0.2) is 59.6 Å². The number of carbonyl (C=O) groups is 1. The van der Waals surface area contributed by atoms with Crippen molar-refractivity contribution in [3.05, 3.63) is 60.3 Å². The fraction of sp³-hybridized carbons (Fsp3) is 0.318. The number of carboxylic acids is 1. The van der Waals surface area contributed by atoms with Crippen molar-refractivity contribution in [3.63, 3.8) is 0 Å². The van der Waals surface area contributed by atoms with Crippen molar-refractivity contribution in [3.8, 4) is 5.75 Å². The van der Waals surface area contributed by atoms with Gasteiger partial charge in [0, 0.05) is 24.2 Å². The van der Waals surface area contributed by atoms with Gasteiger partial charge in [-0.05, 0) is 55.8 Å². The zero-order chi connectivity index (χ0) is 24.2. The van der Waals surface area contributed by atoms with Crippen molar-refractivity contribution in [1.82, 2.24) is 8.87 Å². The van der Waals surface area contributed by atoms with Crippen molar-refractivity contribution in [2.45, 2.75) is 30.5 Å². The van der Waals surface area contributed by atoms with E-state index in [0.29, 0.717) is 11.3 Å². The van der Waals surface area contributed by atoms with Crippen LogP contribution in [0.25, 0.3) is 10.9 Å². The SMILES string of the molecule is COc1cc(CN2CCCC2)c2ccn(S(=O)(=O)c3ccccc3)c2c1.O=C(O)C(F)(F)F. The van der Waals surface area contributed by atoms with Crippen molar-refractivity contribution >= 4 is 26.9 Å². The lowest BCUT2D eigenvalue weighted by atomic mass is 10.1. The number of aliphatic carboxylic acids is 1. The highest BCUT2D eigenvalue weighted by Crippen LogP contribution is 2.30. The number of nitrogens with zero attached hydrogens (tertiary/aromatic N) is 2. The lowest BCUT2D eigenvalue weighted by Crippen LogP contribution is -2.21. The molecule has 0 saturated carbocycles. The molecule has 2 aromatic carbocycles. The molecule has 1 aliphatic heterocycles. The molecule has 11 heteroatoms. The number of benzene rings is 2. The highest BCUT2D eigenvalue weighted by molar-refractivity contribution is 7.90. The summed E-state index contributed by atoms with van der Waals surface area (Å²) in [6, 6.07) is 14.2. The summed E-state index contributed by atoms with van der Waals surface area (Å²) >= 11 is 0. The second-order valence-corrected chi connectivity index (χ2v) is 9.25. The van der Waals surface area contributed by atoms with Crippen LogP contribution >= 0.6 is 0 Å². The number of fused-ring (bicyclic) bond motifs is 1. The van der Waals surface area contributed by atoms with E-state index in [1.807, 2.05) is 18.2 Å². The molecule has 4 rings (SSSR count). The highest BCUT2D eigenvalue weighted by atomic mass is 32.2. The Morgan fingerprint density at radius 3 is 2.24 bits per heavy atom. The standard InChI is InChI=1S/C20H22N2O3S.C2HF3O2/c1-25-17-13-16(15-21-10-5-6-11-21)19-9-12-22(20(19)14-17)26(23,24)18-7-3-2-4-8-18;3-2(4,5)1(6)7/h2-4,7-9,12-14H,5-6,10-11,15H2,1H3;(H,6,7). The normalized spacial score (nSPS) is 14.7. The number of hydrogen-bond donors (Lipinski definition) is 1. The molecule has 1 aliphatic rings. The quantitative estimate of drug-likeness (QED) is 0.586. The third kappa shape index (κ3) is 5.66. The fourth-order valence-corrected chi connectivity index (χ4v) is 4.97. The van der Waals surface area contributed by atoms with Crippen LogP contribution in [0.4, 0.5) is 13.2 Å². The Hall–Kier alpha value is -3.05. The average molecular weight is 484 g/mol. The van der Waals surface area contributed by atoms with Gasteiger partial charge in [-0.2, -0.15) is 13.2 Å². The van der Waals surface area contributed by atoms with E-state index in [9.17, 15) is 21.6 Å². The van der Waals surface area contributed by atoms with E-state index in [1.165, 1.54) is 16.8 Å². The Morgan fingerprint density at radius 2 is 1.70 bits per heavy atom. The Bertz CT molecular complexity index is 1220. The first-order valence-electron chi connectivity index (χ1n) is 10.0. The molecule has 0 atom stereocenters. The molecule has 33 heavy (non-hydrogen) atoms. The van der Waals surface area contributed by atoms with Crippen molar-refractivity contribution in [2.24, 2.45) is 0 Å². The minimum Gasteiger partial charge on any atom is -0.497 e. The molecule has 7 nitrogen and oxygen atoms in total. The third-order valence-electron chi connectivity index (χ3n) is 5.20. The molecular formula is C22H23F3N2O5S. The van der Waals surface area contributed by atoms with Crippen LogP contribution in [0.3, 0.4) is 0 Å². The van der Waals surface area contributed by atoms with Gasteiger partial charge >= 0.3 is 12.1 Å². The molecule has 0 radical (unpaired) electrons. The summed E-state index contributed by atoms with van der Waals surface area (Å²) in [4.78, 5) is 11.6. The van der Waals surface area contributed by atoms with E-state index in [4.69, 9.17) is 14.6 Å². The van der Waals surface area contributed by atoms with Gasteiger partial charge in [0.2, 0.25) is 0 Å². The molecule has 0 aliphatic carbocycles. The zero-order valence-corrected chi connectivity index (χ0v) is 18.6. The van der Waals surface area contributed by atoms with Crippen molar-refractivity contribution < 1.29 is 36.2 Å². The van der Waals surface area contributed by atoms with Gasteiger partial charge in [-0.25, -0.2) is 17.2 Å². The molecule has 2 heterocycles. The number of halogens is 3. The number of hydrogen-bond acceptors (Lipinski definition) is 5. The summed E-state index contributed by atoms with van der Waals surface area (Å²) in [5, 5.41) is 8.08. The van der Waals surface area contributed by atoms with Gasteiger partial charge in [0.1, 0.15) is 5.75 Å². The smallest absolute Gasteiger partial charge is 0.490 e. The van der Waals surface area contributed by atoms with Crippen LogP contribution in [-0.2, 0) is 21.4 Å². The van der Waals surface area contributed by atoms with E-state index in [0.717, 1.165) is 30.6 Å². The summed E-state index contributed by atoms with van der Waals surface area (Å²) in [6.07, 6.45) is -1.01. The van der Waals surface area contributed by atoms with Crippen LogP contribution in [0.2, 0.25) is 0 Å². The Kier molecular flexibility index (Phi) is 7.33. The van der Waals surface area contributed by atoms with E-state index in [-0.39, 0.29) is 4.90 Å². The second-order valence-electron chi connectivity index (χ2n) is 7.44. The maximum atomic E-state index is 13.1. The predicted octanol–water partition coefficient (Wildman–Crippen LogP) is 4.12. The first kappa shape index (κ1) is 24.6. The van der Waals surface area contributed by atoms with Gasteiger partial charge in [0.05, 0.1) is 17.5 Å². The number of carboxylic acid groups (broad SMARTS) is 1. The van der Waals surface area contributed by atoms with Crippen LogP contribution in [0, 0.1) is 0 Å². The summed E-state index contributed by atoms with van der Waals surface area (Å²) in [5.41, 5.74) is 1.76. The number of aromatic nitrogens is 1. The minimum atomic E-state index is -5.08. The largest absolute Gasteiger partial charge is 0.497 e. The summed E-state index contributed by atoms with van der Waals surface area (Å²) in [6.45, 7) is 2.98. The number of likely N-dealkylation sites (tertiary alicyclic amines) is 1. The van der Waals surface area contributed by atoms with Crippen LogP contribution in [0.1, 0.15) is 18.4 Å². The predicted molar refractivity (Wildman–Crippen MR) is 116 cm³/mol. The monoisotopic (exact) mass is 484 g/mol. The Balaban J connectivity index is 0.000000383. The van der Waals surface area contributed by atoms with Gasteiger partial charge in [0.15, 0.2) is 0 Å². The first-order chi connectivity index (χ1) is 15.5. The van der Waals surface area contributed by atoms with E-state index in [1.54, 1.807) is 43.6 Å². The Morgan fingerprint density at radius 1 is 1.09 bits per heavy atom. The first-order valence-corrected chi connectivity index (χ1v) is 11.5. The van der Waals surface area contributed by atoms with Crippen molar-refractivity contribution in [1.29, 1.82) is 0 Å². The molecule has 1 saturated heterocycles.